The summed E-state index contributed by atoms with van der Waals surface area (Å²) in [5.41, 5.74) is 0.978. The second-order valence-electron chi connectivity index (χ2n) is 3.88. The van der Waals surface area contributed by atoms with E-state index in [0.717, 1.165) is 11.3 Å². The van der Waals surface area contributed by atoms with E-state index in [1.807, 2.05) is 30.3 Å². The van der Waals surface area contributed by atoms with Gasteiger partial charge in [-0.1, -0.05) is 35.3 Å². The first-order chi connectivity index (χ1) is 9.65. The maximum atomic E-state index is 8.91. The van der Waals surface area contributed by atoms with Gasteiger partial charge in [-0.15, -0.1) is 0 Å². The maximum absolute atomic E-state index is 8.91. The largest absolute Gasteiger partial charge is 0.497 e. The molecule has 0 unspecified atom stereocenters. The first-order valence-corrected chi connectivity index (χ1v) is 6.43. The third-order valence-corrected chi connectivity index (χ3v) is 3.36. The number of hydrogen-bond donors (Lipinski definition) is 0. The lowest BCUT2D eigenvalue weighted by atomic mass is 10.2. The van der Waals surface area contributed by atoms with Gasteiger partial charge < -0.3 is 9.47 Å². The quantitative estimate of drug-likeness (QED) is 0.850. The fourth-order valence-electron chi connectivity index (χ4n) is 1.58. The van der Waals surface area contributed by atoms with Gasteiger partial charge >= 0.3 is 0 Å². The number of nitriles is 1. The molecule has 104 valence electrons. The molecular weight excluding hydrogens is 301 g/mol. The van der Waals surface area contributed by atoms with Crippen molar-refractivity contribution in [3.8, 4) is 11.8 Å². The van der Waals surface area contributed by atoms with Crippen molar-refractivity contribution in [2.45, 2.75) is 13.3 Å². The molecule has 0 aliphatic heterocycles. The molecule has 0 aliphatic rings. The number of nitrogens with zero attached hydrogens (tertiary/aromatic N) is 3. The van der Waals surface area contributed by atoms with E-state index >= 15 is 0 Å². The zero-order chi connectivity index (χ0) is 14.5. The van der Waals surface area contributed by atoms with Crippen LogP contribution in [0.2, 0.25) is 10.3 Å². The van der Waals surface area contributed by atoms with E-state index < -0.39 is 0 Å². The number of halogens is 2. The predicted molar refractivity (Wildman–Crippen MR) is 74.7 cm³/mol. The lowest BCUT2D eigenvalue weighted by molar-refractivity contribution is 0.0635. The molecule has 1 aromatic heterocycles. The summed E-state index contributed by atoms with van der Waals surface area (Å²) < 4.78 is 12.0. The molecule has 0 fully saturated rings. The minimum Gasteiger partial charge on any atom is -0.497 e. The van der Waals surface area contributed by atoms with E-state index in [4.69, 9.17) is 37.9 Å². The zero-order valence-electron chi connectivity index (χ0n) is 10.6. The average molecular weight is 312 g/mol. The van der Waals surface area contributed by atoms with E-state index in [-0.39, 0.29) is 22.9 Å². The highest BCUT2D eigenvalue weighted by Gasteiger charge is 2.13. The van der Waals surface area contributed by atoms with Crippen LogP contribution in [-0.4, -0.2) is 16.7 Å². The Hall–Kier alpha value is -1.74. The van der Waals surface area contributed by atoms with Crippen molar-refractivity contribution in [3.63, 3.8) is 0 Å². The van der Waals surface area contributed by atoms with Gasteiger partial charge in [-0.25, -0.2) is 4.98 Å². The number of methoxy groups -OCH3 is 1. The summed E-state index contributed by atoms with van der Waals surface area (Å²) in [7, 11) is 1.61. The third-order valence-electron chi connectivity index (χ3n) is 2.62. The van der Waals surface area contributed by atoms with Crippen LogP contribution < -0.4 is 4.74 Å². The smallest absolute Gasteiger partial charge is 0.217 e. The fraction of sp³-hybridized carbons (Fsp3) is 0.231. The first kappa shape index (κ1) is 14.7. The topological polar surface area (TPSA) is 60.1 Å². The van der Waals surface area contributed by atoms with Gasteiger partial charge in [-0.2, -0.15) is 5.26 Å². The average Bonchev–Trinajstić information content (AvgIpc) is 2.75. The van der Waals surface area contributed by atoms with Gasteiger partial charge in [0, 0.05) is 0 Å². The highest BCUT2D eigenvalue weighted by Crippen LogP contribution is 2.22. The minimum absolute atomic E-state index is 0.0938. The SMILES string of the molecule is COc1ccc(COCn2c(C#N)nc(Cl)c2Cl)cc1. The number of imidazole rings is 1. The number of hydrogen-bond acceptors (Lipinski definition) is 4. The first-order valence-electron chi connectivity index (χ1n) is 5.68. The van der Waals surface area contributed by atoms with Crippen LogP contribution in [0.4, 0.5) is 0 Å². The van der Waals surface area contributed by atoms with Crippen LogP contribution in [0.3, 0.4) is 0 Å². The van der Waals surface area contributed by atoms with Gasteiger partial charge in [0.1, 0.15) is 18.5 Å². The Kier molecular flexibility index (Phi) is 4.85. The maximum Gasteiger partial charge on any atom is 0.217 e. The van der Waals surface area contributed by atoms with E-state index in [1.165, 1.54) is 4.57 Å². The summed E-state index contributed by atoms with van der Waals surface area (Å²) in [6.45, 7) is 0.481. The summed E-state index contributed by atoms with van der Waals surface area (Å²) in [6, 6.07) is 9.39. The zero-order valence-corrected chi connectivity index (χ0v) is 12.1. The molecule has 7 heteroatoms. The summed E-state index contributed by atoms with van der Waals surface area (Å²) in [4.78, 5) is 3.82. The highest BCUT2D eigenvalue weighted by atomic mass is 35.5. The van der Waals surface area contributed by atoms with Crippen molar-refractivity contribution < 1.29 is 9.47 Å². The molecule has 5 nitrogen and oxygen atoms in total. The number of rotatable bonds is 5. The molecule has 20 heavy (non-hydrogen) atoms. The molecule has 0 amide bonds. The normalized spacial score (nSPS) is 10.3. The van der Waals surface area contributed by atoms with Crippen LogP contribution >= 0.6 is 23.2 Å². The van der Waals surface area contributed by atoms with Crippen LogP contribution in [-0.2, 0) is 18.1 Å². The van der Waals surface area contributed by atoms with Gasteiger partial charge in [0.05, 0.1) is 13.7 Å². The van der Waals surface area contributed by atoms with E-state index in [0.29, 0.717) is 6.61 Å². The van der Waals surface area contributed by atoms with Crippen LogP contribution in [0, 0.1) is 11.3 Å². The standard InChI is InChI=1S/C13H11Cl2N3O2/c1-19-10-4-2-9(3-5-10)7-20-8-18-11(6-16)17-12(14)13(18)15/h2-5H,7-8H2,1H3. The molecule has 0 spiro atoms. The highest BCUT2D eigenvalue weighted by molar-refractivity contribution is 6.40. The Morgan fingerprint density at radius 1 is 1.30 bits per heavy atom. The summed E-state index contributed by atoms with van der Waals surface area (Å²) in [5, 5.41) is 9.20. The van der Waals surface area contributed by atoms with Gasteiger partial charge in [-0.3, -0.25) is 4.57 Å². The van der Waals surface area contributed by atoms with E-state index in [1.54, 1.807) is 7.11 Å². The van der Waals surface area contributed by atoms with Crippen LogP contribution in [0.15, 0.2) is 24.3 Å². The van der Waals surface area contributed by atoms with E-state index in [2.05, 4.69) is 4.98 Å². The Bertz CT molecular complexity index is 632. The molecule has 0 atom stereocenters. The molecular formula is C13H11Cl2N3O2. The molecule has 0 aliphatic carbocycles. The van der Waals surface area contributed by atoms with Crippen LogP contribution in [0.1, 0.15) is 11.4 Å². The monoisotopic (exact) mass is 311 g/mol. The minimum atomic E-state index is 0.0938. The van der Waals surface area contributed by atoms with Gasteiger partial charge in [-0.05, 0) is 17.7 Å². The van der Waals surface area contributed by atoms with Crippen molar-refractivity contribution in [3.05, 3.63) is 46.0 Å². The fourth-order valence-corrected chi connectivity index (χ4v) is 1.94. The van der Waals surface area contributed by atoms with Gasteiger partial charge in [0.15, 0.2) is 10.3 Å². The molecule has 0 N–H and O–H groups in total. The lowest BCUT2D eigenvalue weighted by Gasteiger charge is -2.07. The predicted octanol–water partition coefficient (Wildman–Crippen LogP) is 3.24. The second-order valence-corrected chi connectivity index (χ2v) is 4.60. The molecule has 2 rings (SSSR count). The summed E-state index contributed by atoms with van der Waals surface area (Å²) in [5.74, 6) is 0.902. The molecule has 2 aromatic rings. The molecule has 1 aromatic carbocycles. The molecule has 1 heterocycles. The molecule has 0 saturated heterocycles. The Labute approximate surface area is 126 Å². The van der Waals surface area contributed by atoms with E-state index in [9.17, 15) is 0 Å². The second kappa shape index (κ2) is 6.62. The lowest BCUT2D eigenvalue weighted by Crippen LogP contribution is -2.05. The van der Waals surface area contributed by atoms with Crippen LogP contribution in [0.5, 0.6) is 5.75 Å². The van der Waals surface area contributed by atoms with Gasteiger partial charge in [0.2, 0.25) is 5.82 Å². The van der Waals surface area contributed by atoms with Crippen LogP contribution in [0.25, 0.3) is 0 Å². The number of ether oxygens (including phenoxy) is 2. The Morgan fingerprint density at radius 2 is 2.00 bits per heavy atom. The Morgan fingerprint density at radius 3 is 2.60 bits per heavy atom. The van der Waals surface area contributed by atoms with Crippen molar-refractivity contribution >= 4 is 23.2 Å². The summed E-state index contributed by atoms with van der Waals surface area (Å²) >= 11 is 11.7. The molecule has 0 bridgehead atoms. The number of benzene rings is 1. The number of aromatic nitrogens is 2. The third kappa shape index (κ3) is 3.23. The van der Waals surface area contributed by atoms with Gasteiger partial charge in [0.25, 0.3) is 0 Å². The van der Waals surface area contributed by atoms with Crippen molar-refractivity contribution in [1.82, 2.24) is 9.55 Å². The molecule has 0 saturated carbocycles. The van der Waals surface area contributed by atoms with Crippen molar-refractivity contribution in [2.75, 3.05) is 7.11 Å². The Balaban J connectivity index is 1.97. The molecule has 0 radical (unpaired) electrons. The van der Waals surface area contributed by atoms with Crippen molar-refractivity contribution in [2.24, 2.45) is 0 Å². The summed E-state index contributed by atoms with van der Waals surface area (Å²) in [6.07, 6.45) is 0. The van der Waals surface area contributed by atoms with Crippen molar-refractivity contribution in [1.29, 1.82) is 5.26 Å².